The van der Waals surface area contributed by atoms with Crippen LogP contribution in [0.1, 0.15) is 13.3 Å². The van der Waals surface area contributed by atoms with E-state index in [1.54, 1.807) is 18.2 Å². The fourth-order valence-corrected chi connectivity index (χ4v) is 1.37. The van der Waals surface area contributed by atoms with Gasteiger partial charge in [0.2, 0.25) is 5.91 Å². The van der Waals surface area contributed by atoms with Crippen LogP contribution < -0.4 is 14.8 Å². The third-order valence-electron chi connectivity index (χ3n) is 2.40. The van der Waals surface area contributed by atoms with Crippen molar-refractivity contribution in [3.8, 4) is 11.5 Å². The summed E-state index contributed by atoms with van der Waals surface area (Å²) in [6, 6.07) is 6.19. The van der Waals surface area contributed by atoms with Gasteiger partial charge in [-0.2, -0.15) is 0 Å². The van der Waals surface area contributed by atoms with E-state index in [-0.39, 0.29) is 18.9 Å². The Morgan fingerprint density at radius 2 is 1.95 bits per heavy atom. The Bertz CT molecular complexity index is 446. The second-order valence-electron chi connectivity index (χ2n) is 3.88. The standard InChI is InChI=1S/C13H17NO5/c1-9(13(16)17)14-12(15)7-8-19-11-6-4-3-5-10(11)18-2/h3-6,9H,7-8H2,1-2H3,(H,14,15)(H,16,17)/t9-/m0/s1. The van der Waals surface area contributed by atoms with Crippen LogP contribution in [0.15, 0.2) is 24.3 Å². The molecule has 1 amide bonds. The summed E-state index contributed by atoms with van der Waals surface area (Å²) in [6.45, 7) is 1.56. The smallest absolute Gasteiger partial charge is 0.325 e. The minimum absolute atomic E-state index is 0.0790. The van der Waals surface area contributed by atoms with Crippen LogP contribution in [0.25, 0.3) is 0 Å². The van der Waals surface area contributed by atoms with Gasteiger partial charge in [-0.05, 0) is 19.1 Å². The number of nitrogens with one attached hydrogen (secondary N) is 1. The van der Waals surface area contributed by atoms with Crippen LogP contribution in [0, 0.1) is 0 Å². The maximum absolute atomic E-state index is 11.4. The molecule has 19 heavy (non-hydrogen) atoms. The number of amides is 1. The minimum Gasteiger partial charge on any atom is -0.493 e. The van der Waals surface area contributed by atoms with Gasteiger partial charge in [-0.3, -0.25) is 9.59 Å². The molecule has 0 heterocycles. The summed E-state index contributed by atoms with van der Waals surface area (Å²) in [5.41, 5.74) is 0. The first-order chi connectivity index (χ1) is 9.04. The number of carboxylic acid groups (broad SMARTS) is 1. The van der Waals surface area contributed by atoms with Crippen molar-refractivity contribution in [2.45, 2.75) is 19.4 Å². The van der Waals surface area contributed by atoms with Gasteiger partial charge in [0, 0.05) is 0 Å². The van der Waals surface area contributed by atoms with Crippen molar-refractivity contribution in [3.63, 3.8) is 0 Å². The van der Waals surface area contributed by atoms with E-state index in [0.29, 0.717) is 11.5 Å². The van der Waals surface area contributed by atoms with E-state index in [1.807, 2.05) is 6.07 Å². The molecule has 1 rings (SSSR count). The second kappa shape index (κ2) is 7.25. The summed E-state index contributed by atoms with van der Waals surface area (Å²) in [6.07, 6.45) is 0.0790. The van der Waals surface area contributed by atoms with Crippen LogP contribution in [0.5, 0.6) is 11.5 Å². The molecule has 0 radical (unpaired) electrons. The van der Waals surface area contributed by atoms with E-state index in [1.165, 1.54) is 14.0 Å². The first-order valence-electron chi connectivity index (χ1n) is 5.82. The molecule has 104 valence electrons. The Hall–Kier alpha value is -2.24. The van der Waals surface area contributed by atoms with Crippen LogP contribution in [0.3, 0.4) is 0 Å². The lowest BCUT2D eigenvalue weighted by atomic mass is 10.3. The minimum atomic E-state index is -1.07. The van der Waals surface area contributed by atoms with Crippen molar-refractivity contribution < 1.29 is 24.2 Å². The monoisotopic (exact) mass is 267 g/mol. The van der Waals surface area contributed by atoms with Crippen LogP contribution in [0.4, 0.5) is 0 Å². The van der Waals surface area contributed by atoms with Gasteiger partial charge >= 0.3 is 5.97 Å². The van der Waals surface area contributed by atoms with Gasteiger partial charge in [-0.1, -0.05) is 12.1 Å². The SMILES string of the molecule is COc1ccccc1OCCC(=O)N[C@@H](C)C(=O)O. The summed E-state index contributed by atoms with van der Waals surface area (Å²) in [7, 11) is 1.53. The van der Waals surface area contributed by atoms with Gasteiger partial charge < -0.3 is 19.9 Å². The summed E-state index contributed by atoms with van der Waals surface area (Å²) < 4.78 is 10.5. The van der Waals surface area contributed by atoms with E-state index in [2.05, 4.69) is 5.32 Å². The Labute approximate surface area is 111 Å². The third kappa shape index (κ3) is 4.87. The molecule has 0 saturated carbocycles. The van der Waals surface area contributed by atoms with Crippen molar-refractivity contribution in [2.24, 2.45) is 0 Å². The lowest BCUT2D eigenvalue weighted by Gasteiger charge is -2.11. The lowest BCUT2D eigenvalue weighted by molar-refractivity contribution is -0.141. The van der Waals surface area contributed by atoms with Crippen LogP contribution in [-0.4, -0.2) is 36.7 Å². The van der Waals surface area contributed by atoms with Crippen molar-refractivity contribution in [1.82, 2.24) is 5.32 Å². The highest BCUT2D eigenvalue weighted by atomic mass is 16.5. The van der Waals surface area contributed by atoms with Crippen molar-refractivity contribution in [2.75, 3.05) is 13.7 Å². The number of carbonyl (C=O) groups excluding carboxylic acids is 1. The van der Waals surface area contributed by atoms with Crippen LogP contribution in [0.2, 0.25) is 0 Å². The van der Waals surface area contributed by atoms with Crippen molar-refractivity contribution in [1.29, 1.82) is 0 Å². The Balaban J connectivity index is 2.38. The zero-order valence-corrected chi connectivity index (χ0v) is 10.9. The molecule has 1 atom stereocenters. The molecule has 1 aromatic carbocycles. The Kier molecular flexibility index (Phi) is 5.66. The molecule has 0 fully saturated rings. The normalized spacial score (nSPS) is 11.5. The molecule has 1 aromatic rings. The lowest BCUT2D eigenvalue weighted by Crippen LogP contribution is -2.38. The topological polar surface area (TPSA) is 84.9 Å². The molecular formula is C13H17NO5. The molecule has 0 aromatic heterocycles. The molecule has 6 heteroatoms. The van der Waals surface area contributed by atoms with E-state index in [9.17, 15) is 9.59 Å². The molecule has 0 aliphatic carbocycles. The van der Waals surface area contributed by atoms with E-state index in [4.69, 9.17) is 14.6 Å². The summed E-state index contributed by atoms with van der Waals surface area (Å²) >= 11 is 0. The summed E-state index contributed by atoms with van der Waals surface area (Å²) in [5.74, 6) is -0.310. The van der Waals surface area contributed by atoms with Crippen molar-refractivity contribution >= 4 is 11.9 Å². The number of para-hydroxylation sites is 2. The number of carbonyl (C=O) groups is 2. The third-order valence-corrected chi connectivity index (χ3v) is 2.40. The first kappa shape index (κ1) is 14.8. The Morgan fingerprint density at radius 1 is 1.32 bits per heavy atom. The number of aliphatic carboxylic acids is 1. The molecular weight excluding hydrogens is 250 g/mol. The fourth-order valence-electron chi connectivity index (χ4n) is 1.37. The highest BCUT2D eigenvalue weighted by Crippen LogP contribution is 2.25. The Morgan fingerprint density at radius 3 is 2.53 bits per heavy atom. The van der Waals surface area contributed by atoms with Crippen LogP contribution in [-0.2, 0) is 9.59 Å². The highest BCUT2D eigenvalue weighted by Gasteiger charge is 2.13. The maximum Gasteiger partial charge on any atom is 0.325 e. The maximum atomic E-state index is 11.4. The molecule has 0 aliphatic rings. The molecule has 6 nitrogen and oxygen atoms in total. The molecule has 0 spiro atoms. The number of benzene rings is 1. The fraction of sp³-hybridized carbons (Fsp3) is 0.385. The quantitative estimate of drug-likeness (QED) is 0.771. The van der Waals surface area contributed by atoms with E-state index in [0.717, 1.165) is 0 Å². The van der Waals surface area contributed by atoms with Crippen LogP contribution >= 0.6 is 0 Å². The van der Waals surface area contributed by atoms with Gasteiger partial charge in [0.25, 0.3) is 0 Å². The largest absolute Gasteiger partial charge is 0.493 e. The number of carboxylic acids is 1. The predicted octanol–water partition coefficient (Wildman–Crippen LogP) is 1.05. The number of rotatable bonds is 7. The second-order valence-corrected chi connectivity index (χ2v) is 3.88. The van der Waals surface area contributed by atoms with Gasteiger partial charge in [0.15, 0.2) is 11.5 Å². The average Bonchev–Trinajstić information content (AvgIpc) is 2.39. The van der Waals surface area contributed by atoms with E-state index < -0.39 is 12.0 Å². The van der Waals surface area contributed by atoms with Gasteiger partial charge in [0.1, 0.15) is 6.04 Å². The summed E-state index contributed by atoms with van der Waals surface area (Å²) in [5, 5.41) is 11.0. The molecule has 0 saturated heterocycles. The average molecular weight is 267 g/mol. The van der Waals surface area contributed by atoms with Gasteiger partial charge in [0.05, 0.1) is 20.1 Å². The van der Waals surface area contributed by atoms with E-state index >= 15 is 0 Å². The molecule has 2 N–H and O–H groups in total. The van der Waals surface area contributed by atoms with Crippen molar-refractivity contribution in [3.05, 3.63) is 24.3 Å². The number of ether oxygens (including phenoxy) is 2. The van der Waals surface area contributed by atoms with Gasteiger partial charge in [-0.15, -0.1) is 0 Å². The molecule has 0 aliphatic heterocycles. The highest BCUT2D eigenvalue weighted by molar-refractivity contribution is 5.83. The molecule has 0 unspecified atom stereocenters. The zero-order valence-electron chi connectivity index (χ0n) is 10.9. The summed E-state index contributed by atoms with van der Waals surface area (Å²) in [4.78, 5) is 22.0. The van der Waals surface area contributed by atoms with Gasteiger partial charge in [-0.25, -0.2) is 0 Å². The predicted molar refractivity (Wildman–Crippen MR) is 68.3 cm³/mol. The zero-order chi connectivity index (χ0) is 14.3. The number of hydrogen-bond acceptors (Lipinski definition) is 4. The first-order valence-corrected chi connectivity index (χ1v) is 5.82. The molecule has 0 bridgehead atoms. The number of methoxy groups -OCH3 is 1. The number of hydrogen-bond donors (Lipinski definition) is 2.